The predicted molar refractivity (Wildman–Crippen MR) is 49.1 cm³/mol. The van der Waals surface area contributed by atoms with Crippen LogP contribution in [0.3, 0.4) is 0 Å². The number of rotatable bonds is 3. The summed E-state index contributed by atoms with van der Waals surface area (Å²) in [5.74, 6) is 3.87. The average Bonchev–Trinajstić information content (AvgIpc) is 2.19. The summed E-state index contributed by atoms with van der Waals surface area (Å²) in [7, 11) is 1.29. The summed E-state index contributed by atoms with van der Waals surface area (Å²) in [6, 6.07) is 0.838. The van der Waals surface area contributed by atoms with Gasteiger partial charge in [0, 0.05) is 11.6 Å². The lowest BCUT2D eigenvalue weighted by Crippen LogP contribution is -2.38. The Morgan fingerprint density at radius 3 is 2.38 bits per heavy atom. The predicted octanol–water partition coefficient (Wildman–Crippen LogP) is 1.90. The first-order chi connectivity index (χ1) is 7.40. The van der Waals surface area contributed by atoms with Crippen LogP contribution in [0.4, 0.5) is 17.6 Å². The number of hydrogen-bond donors (Lipinski definition) is 2. The molecular formula is C9H10F4N2O. The van der Waals surface area contributed by atoms with Crippen LogP contribution in [0.25, 0.3) is 0 Å². The molecule has 0 aliphatic rings. The number of methoxy groups -OCH3 is 1. The Balaban J connectivity index is 3.12. The number of nitrogens with one attached hydrogen (secondary N) is 1. The maximum absolute atomic E-state index is 13.3. The minimum absolute atomic E-state index is 0.138. The Bertz CT molecular complexity index is 367. The summed E-state index contributed by atoms with van der Waals surface area (Å²) >= 11 is 0. The Hall–Kier alpha value is -1.34. The van der Waals surface area contributed by atoms with Crippen LogP contribution in [0.1, 0.15) is 11.6 Å². The smallest absolute Gasteiger partial charge is 0.409 e. The van der Waals surface area contributed by atoms with Crippen molar-refractivity contribution in [1.29, 1.82) is 0 Å². The van der Waals surface area contributed by atoms with Gasteiger partial charge in [0.2, 0.25) is 0 Å². The van der Waals surface area contributed by atoms with Crippen LogP contribution in [0.5, 0.6) is 5.75 Å². The summed E-state index contributed by atoms with van der Waals surface area (Å²) in [5, 5.41) is 0. The lowest BCUT2D eigenvalue weighted by Gasteiger charge is -2.20. The van der Waals surface area contributed by atoms with Crippen LogP contribution >= 0.6 is 0 Å². The molecule has 0 saturated heterocycles. The van der Waals surface area contributed by atoms with Gasteiger partial charge in [-0.05, 0) is 6.07 Å². The number of benzene rings is 1. The molecule has 3 nitrogen and oxygen atoms in total. The summed E-state index contributed by atoms with van der Waals surface area (Å²) in [4.78, 5) is 0. The van der Waals surface area contributed by atoms with Gasteiger partial charge >= 0.3 is 6.18 Å². The molecule has 0 heterocycles. The second-order valence-electron chi connectivity index (χ2n) is 3.03. The summed E-state index contributed by atoms with van der Waals surface area (Å²) in [5.41, 5.74) is 0.957. The number of hydrazine groups is 1. The van der Waals surface area contributed by atoms with Gasteiger partial charge in [0.05, 0.1) is 7.11 Å². The lowest BCUT2D eigenvalue weighted by molar-refractivity contribution is -0.158. The van der Waals surface area contributed by atoms with Crippen molar-refractivity contribution in [2.45, 2.75) is 12.2 Å². The molecular weight excluding hydrogens is 228 g/mol. The zero-order valence-corrected chi connectivity index (χ0v) is 8.31. The molecule has 16 heavy (non-hydrogen) atoms. The van der Waals surface area contributed by atoms with E-state index in [1.54, 1.807) is 0 Å². The van der Waals surface area contributed by atoms with Crippen molar-refractivity contribution < 1.29 is 22.3 Å². The minimum atomic E-state index is -4.66. The third kappa shape index (κ3) is 2.61. The van der Waals surface area contributed by atoms with Gasteiger partial charge in [-0.3, -0.25) is 5.84 Å². The monoisotopic (exact) mass is 238 g/mol. The molecule has 0 bridgehead atoms. The van der Waals surface area contributed by atoms with E-state index in [1.165, 1.54) is 18.6 Å². The van der Waals surface area contributed by atoms with Gasteiger partial charge < -0.3 is 4.74 Å². The van der Waals surface area contributed by atoms with Crippen molar-refractivity contribution in [3.8, 4) is 5.75 Å². The first kappa shape index (κ1) is 12.7. The van der Waals surface area contributed by atoms with Gasteiger partial charge in [-0.1, -0.05) is 6.07 Å². The zero-order chi connectivity index (χ0) is 12.3. The molecule has 90 valence electrons. The topological polar surface area (TPSA) is 47.3 Å². The summed E-state index contributed by atoms with van der Waals surface area (Å²) in [6.07, 6.45) is -4.66. The molecule has 0 radical (unpaired) electrons. The molecule has 0 aromatic heterocycles. The van der Waals surface area contributed by atoms with E-state index in [1.807, 2.05) is 0 Å². The normalized spacial score (nSPS) is 13.6. The second kappa shape index (κ2) is 4.67. The molecule has 7 heteroatoms. The van der Waals surface area contributed by atoms with Gasteiger partial charge in [-0.15, -0.1) is 0 Å². The molecule has 0 aliphatic heterocycles. The molecule has 1 aromatic carbocycles. The van der Waals surface area contributed by atoms with Crippen LogP contribution in [-0.4, -0.2) is 13.3 Å². The van der Waals surface area contributed by atoms with Crippen LogP contribution in [-0.2, 0) is 0 Å². The van der Waals surface area contributed by atoms with Gasteiger partial charge in [0.25, 0.3) is 0 Å². The first-order valence-electron chi connectivity index (χ1n) is 4.26. The van der Waals surface area contributed by atoms with E-state index in [4.69, 9.17) is 5.84 Å². The highest BCUT2D eigenvalue weighted by atomic mass is 19.4. The van der Waals surface area contributed by atoms with E-state index in [-0.39, 0.29) is 5.75 Å². The highest BCUT2D eigenvalue weighted by Gasteiger charge is 2.41. The third-order valence-corrected chi connectivity index (χ3v) is 2.01. The number of halogens is 4. The van der Waals surface area contributed by atoms with Gasteiger partial charge in [0.1, 0.15) is 17.6 Å². The Labute approximate surface area is 89.2 Å². The van der Waals surface area contributed by atoms with Crippen molar-refractivity contribution in [1.82, 2.24) is 5.43 Å². The number of ether oxygens (including phenoxy) is 1. The Morgan fingerprint density at radius 1 is 1.38 bits per heavy atom. The summed E-state index contributed by atoms with van der Waals surface area (Å²) in [6.45, 7) is 0. The minimum Gasteiger partial charge on any atom is -0.497 e. The van der Waals surface area contributed by atoms with Crippen molar-refractivity contribution in [2.75, 3.05) is 7.11 Å². The van der Waals surface area contributed by atoms with Crippen molar-refractivity contribution in [3.05, 3.63) is 29.6 Å². The maximum atomic E-state index is 13.3. The third-order valence-electron chi connectivity index (χ3n) is 2.01. The van der Waals surface area contributed by atoms with E-state index in [9.17, 15) is 17.6 Å². The van der Waals surface area contributed by atoms with Crippen molar-refractivity contribution >= 4 is 0 Å². The van der Waals surface area contributed by atoms with Crippen molar-refractivity contribution in [3.63, 3.8) is 0 Å². The van der Waals surface area contributed by atoms with E-state index in [0.717, 1.165) is 12.1 Å². The van der Waals surface area contributed by atoms with Crippen LogP contribution in [0.15, 0.2) is 18.2 Å². The van der Waals surface area contributed by atoms with E-state index in [2.05, 4.69) is 4.74 Å². The van der Waals surface area contributed by atoms with Crippen molar-refractivity contribution in [2.24, 2.45) is 5.84 Å². The Morgan fingerprint density at radius 2 is 2.00 bits per heavy atom. The molecule has 0 spiro atoms. The van der Waals surface area contributed by atoms with E-state index in [0.29, 0.717) is 0 Å². The standard InChI is InChI=1S/C9H10F4N2O/c1-16-5-2-3-6(7(10)4-5)8(15-14)9(11,12)13/h2-4,8,15H,14H2,1H3. The molecule has 0 aliphatic carbocycles. The van der Waals surface area contributed by atoms with Crippen LogP contribution in [0.2, 0.25) is 0 Å². The molecule has 1 unspecified atom stereocenters. The zero-order valence-electron chi connectivity index (χ0n) is 8.31. The van der Waals surface area contributed by atoms with Gasteiger partial charge in [-0.25, -0.2) is 9.82 Å². The maximum Gasteiger partial charge on any atom is 0.409 e. The van der Waals surface area contributed by atoms with Gasteiger partial charge in [-0.2, -0.15) is 13.2 Å². The fourth-order valence-electron chi connectivity index (χ4n) is 1.23. The number of hydrogen-bond acceptors (Lipinski definition) is 3. The highest BCUT2D eigenvalue weighted by Crippen LogP contribution is 2.34. The van der Waals surface area contributed by atoms with Gasteiger partial charge in [0.15, 0.2) is 0 Å². The van der Waals surface area contributed by atoms with E-state index < -0.39 is 23.6 Å². The molecule has 0 saturated carbocycles. The fourth-order valence-corrected chi connectivity index (χ4v) is 1.23. The highest BCUT2D eigenvalue weighted by molar-refractivity contribution is 5.31. The quantitative estimate of drug-likeness (QED) is 0.480. The number of alkyl halides is 3. The summed E-state index contributed by atoms with van der Waals surface area (Å²) < 4.78 is 55.3. The van der Waals surface area contributed by atoms with Crippen LogP contribution in [0, 0.1) is 5.82 Å². The average molecular weight is 238 g/mol. The lowest BCUT2D eigenvalue weighted by atomic mass is 10.1. The fraction of sp³-hybridized carbons (Fsp3) is 0.333. The Kier molecular flexibility index (Phi) is 3.71. The second-order valence-corrected chi connectivity index (χ2v) is 3.03. The molecule has 1 atom stereocenters. The van der Waals surface area contributed by atoms with Crippen LogP contribution < -0.4 is 16.0 Å². The molecule has 1 rings (SSSR count). The molecule has 0 fully saturated rings. The largest absolute Gasteiger partial charge is 0.497 e. The molecule has 0 amide bonds. The molecule has 1 aromatic rings. The molecule has 3 N–H and O–H groups in total. The first-order valence-corrected chi connectivity index (χ1v) is 4.26. The van der Waals surface area contributed by atoms with E-state index >= 15 is 0 Å². The number of nitrogens with two attached hydrogens (primary N) is 1. The SMILES string of the molecule is COc1ccc(C(NN)C(F)(F)F)c(F)c1.